The average molecular weight is 1470 g/mol. The lowest BCUT2D eigenvalue weighted by Crippen LogP contribution is -2.30. The summed E-state index contributed by atoms with van der Waals surface area (Å²) >= 11 is 0. The van der Waals surface area contributed by atoms with E-state index in [-0.39, 0.29) is 25.7 Å². The molecule has 0 aliphatic rings. The Morgan fingerprint density at radius 2 is 0.510 bits per heavy atom. The summed E-state index contributed by atoms with van der Waals surface area (Å²) in [6, 6.07) is 0. The van der Waals surface area contributed by atoms with Gasteiger partial charge in [0, 0.05) is 25.7 Å². The highest BCUT2D eigenvalue weighted by atomic mass is 31.2. The number of hydrogen-bond acceptors (Lipinski definition) is 15. The van der Waals surface area contributed by atoms with E-state index in [1.165, 1.54) is 244 Å². The van der Waals surface area contributed by atoms with E-state index in [4.69, 9.17) is 37.0 Å². The van der Waals surface area contributed by atoms with Crippen LogP contribution in [0.4, 0.5) is 0 Å². The fourth-order valence-corrected chi connectivity index (χ4v) is 14.1. The van der Waals surface area contributed by atoms with Gasteiger partial charge in [-0.05, 0) is 37.5 Å². The third-order valence-corrected chi connectivity index (χ3v) is 21.2. The van der Waals surface area contributed by atoms with E-state index in [2.05, 4.69) is 41.5 Å². The van der Waals surface area contributed by atoms with Gasteiger partial charge in [0.25, 0.3) is 0 Å². The van der Waals surface area contributed by atoms with Crippen LogP contribution in [0, 0.1) is 11.8 Å². The Morgan fingerprint density at radius 1 is 0.290 bits per heavy atom. The Kier molecular flexibility index (Phi) is 71.2. The zero-order valence-electron chi connectivity index (χ0n) is 65.5. The number of unbranched alkanes of at least 4 members (excludes halogenated alkanes) is 49. The predicted molar refractivity (Wildman–Crippen MR) is 409 cm³/mol. The molecule has 0 rings (SSSR count). The van der Waals surface area contributed by atoms with Gasteiger partial charge in [-0.15, -0.1) is 0 Å². The van der Waals surface area contributed by atoms with Crippen molar-refractivity contribution in [1.29, 1.82) is 0 Å². The van der Waals surface area contributed by atoms with Crippen LogP contribution >= 0.6 is 15.6 Å². The van der Waals surface area contributed by atoms with Crippen molar-refractivity contribution in [3.8, 4) is 0 Å². The van der Waals surface area contributed by atoms with Crippen LogP contribution in [0.25, 0.3) is 0 Å². The van der Waals surface area contributed by atoms with Gasteiger partial charge in [0.15, 0.2) is 12.2 Å². The summed E-state index contributed by atoms with van der Waals surface area (Å²) < 4.78 is 68.7. The molecule has 0 spiro atoms. The lowest BCUT2D eigenvalue weighted by Gasteiger charge is -2.21. The summed E-state index contributed by atoms with van der Waals surface area (Å²) in [7, 11) is -9.92. The van der Waals surface area contributed by atoms with Crippen molar-refractivity contribution in [3.63, 3.8) is 0 Å². The maximum Gasteiger partial charge on any atom is 0.472 e. The minimum Gasteiger partial charge on any atom is -0.462 e. The second-order valence-electron chi connectivity index (χ2n) is 29.9. The third-order valence-electron chi connectivity index (χ3n) is 19.3. The van der Waals surface area contributed by atoms with E-state index in [0.717, 1.165) is 102 Å². The van der Waals surface area contributed by atoms with Crippen molar-refractivity contribution < 1.29 is 80.2 Å². The highest BCUT2D eigenvalue weighted by Crippen LogP contribution is 2.45. The van der Waals surface area contributed by atoms with E-state index in [1.807, 2.05) is 0 Å². The third kappa shape index (κ3) is 73.0. The summed E-state index contributed by atoms with van der Waals surface area (Å²) in [6.45, 7) is 9.68. The summed E-state index contributed by atoms with van der Waals surface area (Å²) in [5.41, 5.74) is 0. The van der Waals surface area contributed by atoms with Crippen molar-refractivity contribution in [2.75, 3.05) is 39.6 Å². The molecule has 0 aliphatic heterocycles. The van der Waals surface area contributed by atoms with E-state index >= 15 is 0 Å². The fourth-order valence-electron chi connectivity index (χ4n) is 12.5. The molecule has 0 aliphatic carbocycles. The number of phosphoric ester groups is 2. The molecule has 0 radical (unpaired) electrons. The smallest absolute Gasteiger partial charge is 0.462 e. The van der Waals surface area contributed by atoms with Crippen LogP contribution in [0.5, 0.6) is 0 Å². The summed E-state index contributed by atoms with van der Waals surface area (Å²) in [5.74, 6) is -0.486. The minimum absolute atomic E-state index is 0.107. The van der Waals surface area contributed by atoms with Crippen molar-refractivity contribution >= 4 is 39.5 Å². The first-order valence-electron chi connectivity index (χ1n) is 42.0. The maximum atomic E-state index is 13.1. The van der Waals surface area contributed by atoms with Crippen molar-refractivity contribution in [2.45, 2.75) is 445 Å². The number of carbonyl (C=O) groups excluding carboxylic acids is 4. The van der Waals surface area contributed by atoms with Gasteiger partial charge in [-0.3, -0.25) is 37.3 Å². The number of aliphatic hydroxyl groups is 1. The first-order valence-corrected chi connectivity index (χ1v) is 45.0. The first-order chi connectivity index (χ1) is 48.4. The summed E-state index contributed by atoms with van der Waals surface area (Å²) in [5, 5.41) is 10.6. The van der Waals surface area contributed by atoms with Crippen molar-refractivity contribution in [2.24, 2.45) is 11.8 Å². The second kappa shape index (κ2) is 72.6. The molecule has 0 heterocycles. The normalized spacial score (nSPS) is 14.2. The van der Waals surface area contributed by atoms with E-state index in [1.54, 1.807) is 0 Å². The van der Waals surface area contributed by atoms with E-state index in [0.29, 0.717) is 25.7 Å². The molecule has 19 heteroatoms. The van der Waals surface area contributed by atoms with Crippen molar-refractivity contribution in [1.82, 2.24) is 0 Å². The Balaban J connectivity index is 5.23. The van der Waals surface area contributed by atoms with E-state index in [9.17, 15) is 43.2 Å². The van der Waals surface area contributed by atoms with Gasteiger partial charge >= 0.3 is 39.5 Å². The summed E-state index contributed by atoms with van der Waals surface area (Å²) in [6.07, 6.45) is 62.3. The Bertz CT molecular complexity index is 1930. The molecule has 0 aromatic carbocycles. The predicted octanol–water partition coefficient (Wildman–Crippen LogP) is 24.3. The molecule has 0 amide bonds. The van der Waals surface area contributed by atoms with Crippen LogP contribution in [0.15, 0.2) is 0 Å². The molecule has 0 bridgehead atoms. The van der Waals surface area contributed by atoms with Crippen LogP contribution in [0.3, 0.4) is 0 Å². The number of carbonyl (C=O) groups is 4. The molecule has 100 heavy (non-hydrogen) atoms. The van der Waals surface area contributed by atoms with Crippen LogP contribution in [0.2, 0.25) is 0 Å². The fraction of sp³-hybridized carbons (Fsp3) is 0.951. The summed E-state index contributed by atoms with van der Waals surface area (Å²) in [4.78, 5) is 73.0. The number of phosphoric acid groups is 2. The van der Waals surface area contributed by atoms with Crippen LogP contribution in [-0.2, 0) is 65.4 Å². The van der Waals surface area contributed by atoms with Gasteiger partial charge in [-0.2, -0.15) is 0 Å². The minimum atomic E-state index is -4.96. The molecule has 594 valence electrons. The molecule has 0 aromatic rings. The van der Waals surface area contributed by atoms with Gasteiger partial charge in [-0.1, -0.05) is 375 Å². The zero-order valence-corrected chi connectivity index (χ0v) is 67.3. The Hall–Kier alpha value is -1.94. The molecular weight excluding hydrogens is 1310 g/mol. The molecule has 6 atom stereocenters. The largest absolute Gasteiger partial charge is 0.472 e. The standard InChI is InChI=1S/C81H158O17P2/c1-7-10-12-14-16-18-19-20-21-22-23-24-28-34-40-46-52-58-64-79(84)92-70-77(98-80(85)65-59-53-47-41-35-29-26-25-27-33-39-44-50-56-62-74(6)9-3)72-96-100(89,90)94-68-75(82)67-93-99(87,88)95-71-76(69-91-78(83)63-57-51-45-37-17-15-13-11-8-2)97-81(86)66-60-54-48-42-36-31-30-32-38-43-49-55-61-73(4)5/h73-77,82H,7-72H2,1-6H3,(H,87,88)(H,89,90)/t74?,75-,76+,77+/m0/s1. The Morgan fingerprint density at radius 3 is 0.760 bits per heavy atom. The van der Waals surface area contributed by atoms with Crippen molar-refractivity contribution in [3.05, 3.63) is 0 Å². The molecule has 0 fully saturated rings. The Labute approximate surface area is 613 Å². The molecule has 0 saturated heterocycles. The number of hydrogen-bond donors (Lipinski definition) is 3. The highest BCUT2D eigenvalue weighted by molar-refractivity contribution is 7.47. The number of ether oxygens (including phenoxy) is 4. The molecular formula is C81H158O17P2. The highest BCUT2D eigenvalue weighted by Gasteiger charge is 2.30. The zero-order chi connectivity index (χ0) is 73.5. The molecule has 0 aromatic heterocycles. The molecule has 0 saturated carbocycles. The SMILES string of the molecule is CCCCCCCCCCCCCCCCCCCCC(=O)OC[C@H](COP(=O)(O)OC[C@@H](O)COP(=O)(O)OC[C@@H](COC(=O)CCCCCCCCCCC)OC(=O)CCCCCCCCCCCCCCC(C)C)OC(=O)CCCCCCCCCCCCCCCCC(C)CC. The first kappa shape index (κ1) is 98.1. The second-order valence-corrected chi connectivity index (χ2v) is 32.8. The quantitative estimate of drug-likeness (QED) is 0.0222. The maximum absolute atomic E-state index is 13.1. The molecule has 3 N–H and O–H groups in total. The number of esters is 4. The topological polar surface area (TPSA) is 237 Å². The molecule has 17 nitrogen and oxygen atoms in total. The van der Waals surface area contributed by atoms with Crippen LogP contribution < -0.4 is 0 Å². The van der Waals surface area contributed by atoms with Crippen LogP contribution in [0.1, 0.15) is 427 Å². The van der Waals surface area contributed by atoms with Gasteiger partial charge in [-0.25, -0.2) is 9.13 Å². The van der Waals surface area contributed by atoms with Gasteiger partial charge < -0.3 is 33.8 Å². The average Bonchev–Trinajstić information content (AvgIpc) is 0.936. The van der Waals surface area contributed by atoms with E-state index < -0.39 is 97.5 Å². The molecule has 3 unspecified atom stereocenters. The lowest BCUT2D eigenvalue weighted by molar-refractivity contribution is -0.161. The van der Waals surface area contributed by atoms with Gasteiger partial charge in [0.1, 0.15) is 19.3 Å². The monoisotopic (exact) mass is 1470 g/mol. The van der Waals surface area contributed by atoms with Crippen LogP contribution in [-0.4, -0.2) is 96.7 Å². The number of aliphatic hydroxyl groups excluding tert-OH is 1. The lowest BCUT2D eigenvalue weighted by atomic mass is 9.99. The number of rotatable bonds is 80. The van der Waals surface area contributed by atoms with Gasteiger partial charge in [0.2, 0.25) is 0 Å². The van der Waals surface area contributed by atoms with Gasteiger partial charge in [0.05, 0.1) is 26.4 Å².